The van der Waals surface area contributed by atoms with Crippen LogP contribution in [0.3, 0.4) is 0 Å². The summed E-state index contributed by atoms with van der Waals surface area (Å²) >= 11 is 0. The molecule has 1 aromatic rings. The van der Waals surface area contributed by atoms with Gasteiger partial charge in [-0.15, -0.1) is 0 Å². The van der Waals surface area contributed by atoms with Gasteiger partial charge in [-0.25, -0.2) is 17.6 Å². The van der Waals surface area contributed by atoms with Gasteiger partial charge in [-0.2, -0.15) is 4.72 Å². The molecule has 0 aliphatic heterocycles. The number of amides is 3. The number of nitrogens with one attached hydrogen (secondary N) is 3. The molecule has 3 amide bonds. The van der Waals surface area contributed by atoms with Crippen LogP contribution in [0.5, 0.6) is 0 Å². The maximum absolute atomic E-state index is 13.0. The molecule has 0 unspecified atom stereocenters. The van der Waals surface area contributed by atoms with Gasteiger partial charge < -0.3 is 15.2 Å². The number of sulfonamides is 1. The normalized spacial score (nSPS) is 17.6. The maximum Gasteiger partial charge on any atom is 0.327 e. The van der Waals surface area contributed by atoms with Crippen molar-refractivity contribution in [2.45, 2.75) is 75.1 Å². The van der Waals surface area contributed by atoms with E-state index in [0.717, 1.165) is 63.3 Å². The number of esters is 1. The van der Waals surface area contributed by atoms with E-state index in [1.807, 2.05) is 4.72 Å². The zero-order valence-electron chi connectivity index (χ0n) is 17.8. The Morgan fingerprint density at radius 1 is 1.09 bits per heavy atom. The van der Waals surface area contributed by atoms with E-state index in [0.29, 0.717) is 0 Å². The molecular formula is C20H28FN3O7S. The van der Waals surface area contributed by atoms with Crippen LogP contribution in [0.25, 0.3) is 0 Å². The summed E-state index contributed by atoms with van der Waals surface area (Å²) < 4.78 is 44.8. The average molecular weight is 474 g/mol. The minimum absolute atomic E-state index is 0.0325. The number of benzene rings is 1. The number of halogens is 1. The van der Waals surface area contributed by atoms with E-state index in [1.165, 1.54) is 6.92 Å². The van der Waals surface area contributed by atoms with Crippen LogP contribution < -0.4 is 15.4 Å². The minimum atomic E-state index is -4.30. The fourth-order valence-electron chi connectivity index (χ4n) is 3.18. The van der Waals surface area contributed by atoms with Gasteiger partial charge in [0, 0.05) is 6.04 Å². The van der Waals surface area contributed by atoms with E-state index >= 15 is 0 Å². The average Bonchev–Trinajstić information content (AvgIpc) is 2.72. The van der Waals surface area contributed by atoms with Crippen molar-refractivity contribution < 1.29 is 37.0 Å². The standard InChI is InChI=1S/C20H28FN3O7S/c1-12(25)17(24-32(29,30)16-10-8-14(21)9-11-16)19(27)31-13(2)18(26)23-20(28)22-15-6-4-3-5-7-15/h8-13,15,17,24-25H,3-7H2,1-2H3,(H2,22,23,26,28)/t12-,13+,17-/m1/s1. The van der Waals surface area contributed by atoms with E-state index in [9.17, 15) is 32.3 Å². The third-order valence-corrected chi connectivity index (χ3v) is 6.44. The molecule has 1 aliphatic carbocycles. The molecule has 3 atom stereocenters. The maximum atomic E-state index is 13.0. The zero-order valence-corrected chi connectivity index (χ0v) is 18.7. The SMILES string of the molecule is C[C@H](OC(=O)[C@H](NS(=O)(=O)c1ccc(F)cc1)[C@@H](C)O)C(=O)NC(=O)NC1CCCCC1. The zero-order chi connectivity index (χ0) is 23.9. The Morgan fingerprint density at radius 2 is 1.69 bits per heavy atom. The van der Waals surface area contributed by atoms with Crippen LogP contribution in [-0.2, 0) is 24.3 Å². The van der Waals surface area contributed by atoms with Gasteiger partial charge in [0.25, 0.3) is 5.91 Å². The predicted molar refractivity (Wildman–Crippen MR) is 111 cm³/mol. The molecule has 32 heavy (non-hydrogen) atoms. The summed E-state index contributed by atoms with van der Waals surface area (Å²) in [6, 6.07) is 1.34. The van der Waals surface area contributed by atoms with Gasteiger partial charge in [0.1, 0.15) is 11.9 Å². The van der Waals surface area contributed by atoms with Crippen LogP contribution >= 0.6 is 0 Å². The largest absolute Gasteiger partial charge is 0.451 e. The number of aliphatic hydroxyl groups excluding tert-OH is 1. The number of aliphatic hydroxyl groups is 1. The first-order valence-corrected chi connectivity index (χ1v) is 11.8. The molecule has 12 heteroatoms. The van der Waals surface area contributed by atoms with E-state index in [1.54, 1.807) is 0 Å². The quantitative estimate of drug-likeness (QED) is 0.410. The molecule has 2 rings (SSSR count). The molecule has 0 saturated heterocycles. The lowest BCUT2D eigenvalue weighted by molar-refractivity contribution is -0.158. The number of ether oxygens (including phenoxy) is 1. The first-order valence-electron chi connectivity index (χ1n) is 10.3. The van der Waals surface area contributed by atoms with Crippen LogP contribution in [0.15, 0.2) is 29.2 Å². The van der Waals surface area contributed by atoms with Gasteiger partial charge in [-0.1, -0.05) is 19.3 Å². The van der Waals surface area contributed by atoms with Crippen molar-refractivity contribution in [3.8, 4) is 0 Å². The Labute approximate surface area is 186 Å². The lowest BCUT2D eigenvalue weighted by Gasteiger charge is -2.24. The molecule has 1 saturated carbocycles. The van der Waals surface area contributed by atoms with Gasteiger partial charge in [-0.3, -0.25) is 14.9 Å². The fourth-order valence-corrected chi connectivity index (χ4v) is 4.43. The first kappa shape index (κ1) is 25.7. The molecule has 1 aliphatic rings. The van der Waals surface area contributed by atoms with Crippen molar-refractivity contribution in [1.29, 1.82) is 0 Å². The fraction of sp³-hybridized carbons (Fsp3) is 0.550. The summed E-state index contributed by atoms with van der Waals surface area (Å²) in [5.41, 5.74) is 0. The number of hydrogen-bond acceptors (Lipinski definition) is 7. The Hall–Kier alpha value is -2.57. The molecule has 4 N–H and O–H groups in total. The van der Waals surface area contributed by atoms with Crippen molar-refractivity contribution in [3.63, 3.8) is 0 Å². The monoisotopic (exact) mass is 473 g/mol. The van der Waals surface area contributed by atoms with Crippen molar-refractivity contribution in [1.82, 2.24) is 15.4 Å². The van der Waals surface area contributed by atoms with Crippen molar-refractivity contribution in [3.05, 3.63) is 30.1 Å². The summed E-state index contributed by atoms with van der Waals surface area (Å²) in [7, 11) is -4.30. The molecule has 0 spiro atoms. The van der Waals surface area contributed by atoms with Gasteiger partial charge >= 0.3 is 12.0 Å². The summed E-state index contributed by atoms with van der Waals surface area (Å²) in [5.74, 6) is -2.78. The van der Waals surface area contributed by atoms with E-state index in [4.69, 9.17) is 4.74 Å². The molecule has 1 fully saturated rings. The predicted octanol–water partition coefficient (Wildman–Crippen LogP) is 0.944. The topological polar surface area (TPSA) is 151 Å². The van der Waals surface area contributed by atoms with Crippen molar-refractivity contribution in [2.75, 3.05) is 0 Å². The van der Waals surface area contributed by atoms with Crippen LogP contribution in [0.1, 0.15) is 46.0 Å². The molecule has 178 valence electrons. The van der Waals surface area contributed by atoms with Crippen LogP contribution in [0.4, 0.5) is 9.18 Å². The molecule has 0 heterocycles. The van der Waals surface area contributed by atoms with Gasteiger partial charge in [0.2, 0.25) is 10.0 Å². The summed E-state index contributed by atoms with van der Waals surface area (Å²) in [6.45, 7) is 2.36. The van der Waals surface area contributed by atoms with Crippen molar-refractivity contribution in [2.24, 2.45) is 0 Å². The Bertz CT molecular complexity index is 916. The second-order valence-electron chi connectivity index (χ2n) is 7.67. The highest BCUT2D eigenvalue weighted by molar-refractivity contribution is 7.89. The van der Waals surface area contributed by atoms with Gasteiger partial charge in [-0.05, 0) is 51.0 Å². The number of urea groups is 1. The molecule has 0 bridgehead atoms. The van der Waals surface area contributed by atoms with Crippen LogP contribution in [0, 0.1) is 5.82 Å². The number of imide groups is 1. The van der Waals surface area contributed by atoms with E-state index in [2.05, 4.69) is 10.6 Å². The van der Waals surface area contributed by atoms with Crippen LogP contribution in [-0.4, -0.2) is 55.7 Å². The molecule has 1 aromatic carbocycles. The van der Waals surface area contributed by atoms with E-state index in [-0.39, 0.29) is 10.9 Å². The second kappa shape index (κ2) is 11.3. The lowest BCUT2D eigenvalue weighted by atomic mass is 9.96. The number of rotatable bonds is 8. The smallest absolute Gasteiger partial charge is 0.327 e. The van der Waals surface area contributed by atoms with Gasteiger partial charge in [0.05, 0.1) is 11.0 Å². The van der Waals surface area contributed by atoms with E-state index < -0.39 is 52.0 Å². The third-order valence-electron chi connectivity index (χ3n) is 4.98. The molecule has 0 aromatic heterocycles. The Kier molecular flexibility index (Phi) is 9.10. The number of carbonyl (C=O) groups excluding carboxylic acids is 3. The number of hydrogen-bond donors (Lipinski definition) is 4. The highest BCUT2D eigenvalue weighted by atomic mass is 32.2. The third kappa shape index (κ3) is 7.53. The second-order valence-corrected chi connectivity index (χ2v) is 9.38. The van der Waals surface area contributed by atoms with Gasteiger partial charge in [0.15, 0.2) is 6.10 Å². The number of carbonyl (C=O) groups is 3. The van der Waals surface area contributed by atoms with Crippen molar-refractivity contribution >= 4 is 27.9 Å². The molecule has 10 nitrogen and oxygen atoms in total. The Balaban J connectivity index is 1.95. The van der Waals surface area contributed by atoms with Crippen LogP contribution in [0.2, 0.25) is 0 Å². The summed E-state index contributed by atoms with van der Waals surface area (Å²) in [5, 5.41) is 14.6. The lowest BCUT2D eigenvalue weighted by Crippen LogP contribution is -2.51. The molecule has 0 radical (unpaired) electrons. The highest BCUT2D eigenvalue weighted by Gasteiger charge is 2.33. The summed E-state index contributed by atoms with van der Waals surface area (Å²) in [6.07, 6.45) is 1.76. The Morgan fingerprint density at radius 3 is 2.25 bits per heavy atom. The summed E-state index contributed by atoms with van der Waals surface area (Å²) in [4.78, 5) is 36.2. The minimum Gasteiger partial charge on any atom is -0.451 e. The highest BCUT2D eigenvalue weighted by Crippen LogP contribution is 2.17. The first-order chi connectivity index (χ1) is 15.0. The molecular weight excluding hydrogens is 445 g/mol.